The van der Waals surface area contributed by atoms with E-state index < -0.39 is 0 Å². The predicted octanol–water partition coefficient (Wildman–Crippen LogP) is 6.40. The summed E-state index contributed by atoms with van der Waals surface area (Å²) in [7, 11) is 0. The van der Waals surface area contributed by atoms with E-state index in [1.807, 2.05) is 44.2 Å². The van der Waals surface area contributed by atoms with Crippen LogP contribution < -0.4 is 0 Å². The molecule has 4 nitrogen and oxygen atoms in total. The number of thioether (sulfide) groups is 1. The Hall–Kier alpha value is -2.57. The van der Waals surface area contributed by atoms with Gasteiger partial charge >= 0.3 is 0 Å². The van der Waals surface area contributed by atoms with Crippen LogP contribution in [0.4, 0.5) is 4.79 Å². The number of rotatable bonds is 4. The van der Waals surface area contributed by atoms with Crippen LogP contribution in [0.3, 0.4) is 0 Å². The average molecular weight is 481 g/mol. The van der Waals surface area contributed by atoms with Crippen LogP contribution in [0.2, 0.25) is 0 Å². The normalized spacial score (nSPS) is 15.5. The first-order chi connectivity index (χ1) is 14.3. The highest BCUT2D eigenvalue weighted by Crippen LogP contribution is 2.34. The molecule has 6 heteroatoms. The van der Waals surface area contributed by atoms with Crippen molar-refractivity contribution in [2.45, 2.75) is 27.3 Å². The van der Waals surface area contributed by atoms with Gasteiger partial charge in [0.1, 0.15) is 0 Å². The van der Waals surface area contributed by atoms with E-state index in [2.05, 4.69) is 57.8 Å². The molecule has 0 N–H and O–H groups in total. The van der Waals surface area contributed by atoms with Crippen LogP contribution >= 0.6 is 27.7 Å². The maximum atomic E-state index is 12.9. The molecular weight excluding hydrogens is 460 g/mol. The summed E-state index contributed by atoms with van der Waals surface area (Å²) in [6, 6.07) is 18.0. The molecule has 1 saturated heterocycles. The van der Waals surface area contributed by atoms with Crippen LogP contribution in [0.1, 0.15) is 28.1 Å². The number of aryl methyl sites for hydroxylation is 2. The Morgan fingerprint density at radius 2 is 1.63 bits per heavy atom. The lowest BCUT2D eigenvalue weighted by Crippen LogP contribution is -2.27. The SMILES string of the molecule is Cc1ccc(-n2c(C)cc(/C=C3\SC(=O)N(Cc4ccc(Br)cc4)C3=O)c2C)cc1. The Morgan fingerprint density at radius 1 is 0.967 bits per heavy atom. The number of hydrogen-bond donors (Lipinski definition) is 0. The Labute approximate surface area is 188 Å². The zero-order valence-electron chi connectivity index (χ0n) is 17.0. The van der Waals surface area contributed by atoms with Crippen molar-refractivity contribution in [2.24, 2.45) is 0 Å². The summed E-state index contributed by atoms with van der Waals surface area (Å²) in [6.07, 6.45) is 1.83. The molecular formula is C24H21BrN2O2S. The topological polar surface area (TPSA) is 42.3 Å². The van der Waals surface area contributed by atoms with Crippen molar-refractivity contribution in [1.82, 2.24) is 9.47 Å². The van der Waals surface area contributed by atoms with E-state index in [1.54, 1.807) is 0 Å². The Balaban J connectivity index is 1.61. The molecule has 2 aromatic carbocycles. The molecule has 1 aliphatic rings. The largest absolute Gasteiger partial charge is 0.318 e. The first-order valence-corrected chi connectivity index (χ1v) is 11.2. The number of carbonyl (C=O) groups is 2. The van der Waals surface area contributed by atoms with Gasteiger partial charge in [0.2, 0.25) is 0 Å². The number of amides is 2. The summed E-state index contributed by atoms with van der Waals surface area (Å²) in [5, 5.41) is -0.235. The smallest absolute Gasteiger partial charge is 0.293 e. The summed E-state index contributed by atoms with van der Waals surface area (Å²) >= 11 is 4.40. The van der Waals surface area contributed by atoms with Gasteiger partial charge in [-0.05, 0) is 80.1 Å². The molecule has 0 radical (unpaired) electrons. The van der Waals surface area contributed by atoms with Gasteiger partial charge in [-0.25, -0.2) is 0 Å². The van der Waals surface area contributed by atoms with Crippen molar-refractivity contribution in [3.05, 3.63) is 92.1 Å². The summed E-state index contributed by atoms with van der Waals surface area (Å²) in [5.41, 5.74) is 6.27. The standard InChI is InChI=1S/C24H21BrN2O2S/c1-15-4-10-21(11-5-15)27-16(2)12-19(17(27)3)13-22-23(28)26(24(29)30-22)14-18-6-8-20(25)9-7-18/h4-13H,14H2,1-3H3/b22-13-. The number of imide groups is 1. The van der Waals surface area contributed by atoms with Gasteiger partial charge in [-0.2, -0.15) is 0 Å². The van der Waals surface area contributed by atoms with Crippen LogP contribution in [0.5, 0.6) is 0 Å². The molecule has 2 heterocycles. The zero-order chi connectivity index (χ0) is 21.4. The molecule has 3 aromatic rings. The van der Waals surface area contributed by atoms with Crippen molar-refractivity contribution >= 4 is 44.9 Å². The predicted molar refractivity (Wildman–Crippen MR) is 126 cm³/mol. The number of carbonyl (C=O) groups excluding carboxylic acids is 2. The van der Waals surface area contributed by atoms with Crippen molar-refractivity contribution in [3.8, 4) is 5.69 Å². The molecule has 152 valence electrons. The van der Waals surface area contributed by atoms with Crippen molar-refractivity contribution in [2.75, 3.05) is 0 Å². The van der Waals surface area contributed by atoms with Crippen molar-refractivity contribution < 1.29 is 9.59 Å². The fourth-order valence-electron chi connectivity index (χ4n) is 3.57. The minimum atomic E-state index is -0.243. The highest BCUT2D eigenvalue weighted by Gasteiger charge is 2.35. The van der Waals surface area contributed by atoms with E-state index in [4.69, 9.17) is 0 Å². The van der Waals surface area contributed by atoms with Crippen molar-refractivity contribution in [3.63, 3.8) is 0 Å². The molecule has 1 aliphatic heterocycles. The lowest BCUT2D eigenvalue weighted by Gasteiger charge is -2.12. The van der Waals surface area contributed by atoms with E-state index in [0.717, 1.165) is 44.4 Å². The number of nitrogens with zero attached hydrogens (tertiary/aromatic N) is 2. The highest BCUT2D eigenvalue weighted by molar-refractivity contribution is 9.10. The maximum Gasteiger partial charge on any atom is 0.293 e. The molecule has 0 aliphatic carbocycles. The van der Waals surface area contributed by atoms with Crippen LogP contribution in [-0.2, 0) is 11.3 Å². The zero-order valence-corrected chi connectivity index (χ0v) is 19.4. The molecule has 0 saturated carbocycles. The second-order valence-electron chi connectivity index (χ2n) is 7.39. The van der Waals surface area contributed by atoms with Crippen LogP contribution in [-0.4, -0.2) is 20.6 Å². The number of aromatic nitrogens is 1. The van der Waals surface area contributed by atoms with Gasteiger partial charge in [0.15, 0.2) is 0 Å². The summed E-state index contributed by atoms with van der Waals surface area (Å²) in [4.78, 5) is 27.1. The lowest BCUT2D eigenvalue weighted by atomic mass is 10.2. The third kappa shape index (κ3) is 4.02. The number of benzene rings is 2. The summed E-state index contributed by atoms with van der Waals surface area (Å²) < 4.78 is 3.13. The van der Waals surface area contributed by atoms with Gasteiger partial charge in [0.25, 0.3) is 11.1 Å². The molecule has 0 unspecified atom stereocenters. The van der Waals surface area contributed by atoms with E-state index >= 15 is 0 Å². The second kappa shape index (κ2) is 8.28. The van der Waals surface area contributed by atoms with Gasteiger partial charge < -0.3 is 4.57 Å². The molecule has 1 aromatic heterocycles. The van der Waals surface area contributed by atoms with Gasteiger partial charge in [-0.3, -0.25) is 14.5 Å². The molecule has 0 atom stereocenters. The summed E-state index contributed by atoms with van der Waals surface area (Å²) in [5.74, 6) is -0.243. The maximum absolute atomic E-state index is 12.9. The quantitative estimate of drug-likeness (QED) is 0.405. The second-order valence-corrected chi connectivity index (χ2v) is 9.30. The van der Waals surface area contributed by atoms with E-state index in [0.29, 0.717) is 4.91 Å². The third-order valence-electron chi connectivity index (χ3n) is 5.18. The lowest BCUT2D eigenvalue weighted by molar-refractivity contribution is -0.123. The molecule has 0 spiro atoms. The third-order valence-corrected chi connectivity index (χ3v) is 6.61. The Bertz CT molecular complexity index is 1160. The van der Waals surface area contributed by atoms with E-state index in [-0.39, 0.29) is 17.7 Å². The van der Waals surface area contributed by atoms with Gasteiger partial charge in [0, 0.05) is 21.5 Å². The molecule has 4 rings (SSSR count). The highest BCUT2D eigenvalue weighted by atomic mass is 79.9. The minimum Gasteiger partial charge on any atom is -0.318 e. The minimum absolute atomic E-state index is 0.235. The Kier molecular flexibility index (Phi) is 5.71. The fourth-order valence-corrected chi connectivity index (χ4v) is 4.67. The summed E-state index contributed by atoms with van der Waals surface area (Å²) in [6.45, 7) is 6.42. The van der Waals surface area contributed by atoms with Crippen LogP contribution in [0.25, 0.3) is 11.8 Å². The van der Waals surface area contributed by atoms with Gasteiger partial charge in [-0.1, -0.05) is 45.8 Å². The van der Waals surface area contributed by atoms with Crippen molar-refractivity contribution in [1.29, 1.82) is 0 Å². The molecule has 2 amide bonds. The van der Waals surface area contributed by atoms with E-state index in [9.17, 15) is 9.59 Å². The Morgan fingerprint density at radius 3 is 2.30 bits per heavy atom. The fraction of sp³-hybridized carbons (Fsp3) is 0.167. The van der Waals surface area contributed by atoms with E-state index in [1.165, 1.54) is 10.5 Å². The monoisotopic (exact) mass is 480 g/mol. The van der Waals surface area contributed by atoms with Gasteiger partial charge in [-0.15, -0.1) is 0 Å². The van der Waals surface area contributed by atoms with Crippen LogP contribution in [0.15, 0.2) is 64.0 Å². The first-order valence-electron chi connectivity index (χ1n) is 9.59. The number of halogens is 1. The first kappa shape index (κ1) is 20.7. The number of hydrogen-bond acceptors (Lipinski definition) is 3. The van der Waals surface area contributed by atoms with Gasteiger partial charge in [0.05, 0.1) is 11.4 Å². The van der Waals surface area contributed by atoms with Crippen LogP contribution in [0, 0.1) is 20.8 Å². The molecule has 30 heavy (non-hydrogen) atoms. The molecule has 1 fully saturated rings. The average Bonchev–Trinajstić information content (AvgIpc) is 3.14. The molecule has 0 bridgehead atoms.